The lowest BCUT2D eigenvalue weighted by atomic mass is 10.1. The molecule has 2 aromatic rings. The monoisotopic (exact) mass is 296 g/mol. The van der Waals surface area contributed by atoms with Crippen molar-refractivity contribution in [2.24, 2.45) is 0 Å². The molecular weight excluding hydrogens is 280 g/mol. The Bertz CT molecular complexity index is 717. The number of nitrogens with one attached hydrogen (secondary N) is 1. The standard InChI is InChI=1S/C16H16N4O2/c17-9-12-3-1-2-4-14(12)22-11-16(21)19-13-5-6-15-18-7-8-20(15)10-13/h1-4,7-8,13H,5-6,10-11H2,(H,19,21). The van der Waals surface area contributed by atoms with E-state index in [1.165, 1.54) is 0 Å². The lowest BCUT2D eigenvalue weighted by Crippen LogP contribution is -2.42. The fourth-order valence-corrected chi connectivity index (χ4v) is 2.58. The van der Waals surface area contributed by atoms with Gasteiger partial charge in [-0.1, -0.05) is 12.1 Å². The first-order valence-corrected chi connectivity index (χ1v) is 7.17. The Morgan fingerprint density at radius 1 is 1.50 bits per heavy atom. The van der Waals surface area contributed by atoms with Crippen molar-refractivity contribution in [3.63, 3.8) is 0 Å². The minimum absolute atomic E-state index is 0.0870. The van der Waals surface area contributed by atoms with Crippen molar-refractivity contribution in [3.8, 4) is 11.8 Å². The highest BCUT2D eigenvalue weighted by molar-refractivity contribution is 5.78. The van der Waals surface area contributed by atoms with Crippen molar-refractivity contribution >= 4 is 5.91 Å². The quantitative estimate of drug-likeness (QED) is 0.921. The first-order valence-electron chi connectivity index (χ1n) is 7.17. The van der Waals surface area contributed by atoms with Crippen LogP contribution in [0.15, 0.2) is 36.7 Å². The van der Waals surface area contributed by atoms with E-state index in [0.717, 1.165) is 25.2 Å². The molecule has 2 heterocycles. The number of nitriles is 1. The number of nitrogens with zero attached hydrogens (tertiary/aromatic N) is 3. The zero-order valence-electron chi connectivity index (χ0n) is 12.0. The van der Waals surface area contributed by atoms with Gasteiger partial charge >= 0.3 is 0 Å². The fourth-order valence-electron chi connectivity index (χ4n) is 2.58. The molecule has 1 aliphatic rings. The Hall–Kier alpha value is -2.81. The molecule has 1 unspecified atom stereocenters. The van der Waals surface area contributed by atoms with Crippen molar-refractivity contribution in [2.45, 2.75) is 25.4 Å². The molecule has 1 aliphatic heterocycles. The second-order valence-electron chi connectivity index (χ2n) is 5.20. The largest absolute Gasteiger partial charge is 0.482 e. The van der Waals surface area contributed by atoms with E-state index >= 15 is 0 Å². The number of amides is 1. The van der Waals surface area contributed by atoms with Crippen LogP contribution in [-0.4, -0.2) is 28.1 Å². The summed E-state index contributed by atoms with van der Waals surface area (Å²) in [6.45, 7) is 0.641. The molecule has 0 bridgehead atoms. The number of imidazole rings is 1. The van der Waals surface area contributed by atoms with Gasteiger partial charge in [0.2, 0.25) is 0 Å². The van der Waals surface area contributed by atoms with E-state index in [4.69, 9.17) is 10.00 Å². The van der Waals surface area contributed by atoms with Crippen LogP contribution in [0, 0.1) is 11.3 Å². The van der Waals surface area contributed by atoms with E-state index in [0.29, 0.717) is 11.3 Å². The molecule has 0 saturated heterocycles. The summed E-state index contributed by atoms with van der Waals surface area (Å²) in [5, 5.41) is 11.9. The van der Waals surface area contributed by atoms with Crippen LogP contribution in [0.5, 0.6) is 5.75 Å². The number of para-hydroxylation sites is 1. The van der Waals surface area contributed by atoms with Crippen molar-refractivity contribution in [3.05, 3.63) is 48.0 Å². The van der Waals surface area contributed by atoms with Gasteiger partial charge in [-0.3, -0.25) is 4.79 Å². The molecule has 1 N–H and O–H groups in total. The van der Waals surface area contributed by atoms with Crippen LogP contribution in [0.25, 0.3) is 0 Å². The summed E-state index contributed by atoms with van der Waals surface area (Å²) in [7, 11) is 0. The zero-order valence-corrected chi connectivity index (χ0v) is 12.0. The average molecular weight is 296 g/mol. The highest BCUT2D eigenvalue weighted by Crippen LogP contribution is 2.16. The van der Waals surface area contributed by atoms with E-state index in [1.807, 2.05) is 12.3 Å². The number of benzene rings is 1. The molecule has 1 amide bonds. The molecule has 6 heteroatoms. The Labute approximate surface area is 128 Å². The van der Waals surface area contributed by atoms with Crippen molar-refractivity contribution in [1.29, 1.82) is 5.26 Å². The second-order valence-corrected chi connectivity index (χ2v) is 5.20. The predicted molar refractivity (Wildman–Crippen MR) is 79.1 cm³/mol. The normalized spacial score (nSPS) is 16.4. The summed E-state index contributed by atoms with van der Waals surface area (Å²) in [6.07, 6.45) is 5.43. The molecule has 112 valence electrons. The van der Waals surface area contributed by atoms with Crippen LogP contribution in [0.4, 0.5) is 0 Å². The summed E-state index contributed by atoms with van der Waals surface area (Å²) >= 11 is 0. The van der Waals surface area contributed by atoms with Gasteiger partial charge in [-0.25, -0.2) is 4.98 Å². The van der Waals surface area contributed by atoms with E-state index < -0.39 is 0 Å². The van der Waals surface area contributed by atoms with Crippen LogP contribution < -0.4 is 10.1 Å². The summed E-state index contributed by atoms with van der Waals surface area (Å²) in [5.41, 5.74) is 0.427. The van der Waals surface area contributed by atoms with Crippen LogP contribution >= 0.6 is 0 Å². The number of hydrogen-bond donors (Lipinski definition) is 1. The third-order valence-corrected chi connectivity index (χ3v) is 3.67. The van der Waals surface area contributed by atoms with Gasteiger partial charge in [0.25, 0.3) is 5.91 Å². The van der Waals surface area contributed by atoms with Gasteiger partial charge in [-0.05, 0) is 18.6 Å². The van der Waals surface area contributed by atoms with Gasteiger partial charge in [-0.15, -0.1) is 0 Å². The van der Waals surface area contributed by atoms with Gasteiger partial charge in [0, 0.05) is 31.4 Å². The zero-order chi connectivity index (χ0) is 15.4. The van der Waals surface area contributed by atoms with E-state index in [1.54, 1.807) is 30.5 Å². The summed E-state index contributed by atoms with van der Waals surface area (Å²) in [5.74, 6) is 1.31. The molecule has 1 atom stereocenters. The number of fused-ring (bicyclic) bond motifs is 1. The molecule has 0 saturated carbocycles. The van der Waals surface area contributed by atoms with Crippen molar-refractivity contribution in [1.82, 2.24) is 14.9 Å². The van der Waals surface area contributed by atoms with Crippen LogP contribution in [0.1, 0.15) is 17.8 Å². The molecule has 0 spiro atoms. The number of aryl methyl sites for hydroxylation is 1. The molecule has 22 heavy (non-hydrogen) atoms. The molecule has 1 aromatic carbocycles. The van der Waals surface area contributed by atoms with Gasteiger partial charge in [0.15, 0.2) is 6.61 Å². The lowest BCUT2D eigenvalue weighted by Gasteiger charge is -2.24. The molecular formula is C16H16N4O2. The van der Waals surface area contributed by atoms with E-state index in [9.17, 15) is 4.79 Å². The third kappa shape index (κ3) is 3.09. The highest BCUT2D eigenvalue weighted by Gasteiger charge is 2.20. The smallest absolute Gasteiger partial charge is 0.258 e. The maximum Gasteiger partial charge on any atom is 0.258 e. The van der Waals surface area contributed by atoms with Gasteiger partial charge in [0.1, 0.15) is 17.6 Å². The number of aromatic nitrogens is 2. The van der Waals surface area contributed by atoms with Gasteiger partial charge < -0.3 is 14.6 Å². The lowest BCUT2D eigenvalue weighted by molar-refractivity contribution is -0.124. The maximum atomic E-state index is 12.0. The maximum absolute atomic E-state index is 12.0. The minimum atomic E-state index is -0.179. The SMILES string of the molecule is N#Cc1ccccc1OCC(=O)NC1CCc2nccn2C1. The fraction of sp³-hybridized carbons (Fsp3) is 0.312. The summed E-state index contributed by atoms with van der Waals surface area (Å²) in [4.78, 5) is 16.3. The predicted octanol–water partition coefficient (Wildman–Crippen LogP) is 1.26. The van der Waals surface area contributed by atoms with E-state index in [2.05, 4.69) is 14.9 Å². The Balaban J connectivity index is 1.52. The first kappa shape index (κ1) is 14.1. The Kier molecular flexibility index (Phi) is 4.05. The molecule has 3 rings (SSSR count). The number of ether oxygens (including phenoxy) is 1. The third-order valence-electron chi connectivity index (χ3n) is 3.67. The van der Waals surface area contributed by atoms with Crippen LogP contribution in [0.2, 0.25) is 0 Å². The van der Waals surface area contributed by atoms with Crippen molar-refractivity contribution < 1.29 is 9.53 Å². The molecule has 1 aromatic heterocycles. The number of rotatable bonds is 4. The second kappa shape index (κ2) is 6.31. The molecule has 0 aliphatic carbocycles. The minimum Gasteiger partial charge on any atom is -0.482 e. The first-order chi connectivity index (χ1) is 10.8. The number of carbonyl (C=O) groups is 1. The van der Waals surface area contributed by atoms with Crippen LogP contribution in [-0.2, 0) is 17.8 Å². The van der Waals surface area contributed by atoms with Gasteiger partial charge in [0.05, 0.1) is 5.56 Å². The average Bonchev–Trinajstić information content (AvgIpc) is 3.01. The summed E-state index contributed by atoms with van der Waals surface area (Å²) < 4.78 is 7.49. The number of hydrogen-bond acceptors (Lipinski definition) is 4. The highest BCUT2D eigenvalue weighted by atomic mass is 16.5. The Morgan fingerprint density at radius 3 is 3.23 bits per heavy atom. The molecule has 6 nitrogen and oxygen atoms in total. The summed E-state index contributed by atoms with van der Waals surface area (Å²) in [6, 6.07) is 9.01. The number of carbonyl (C=O) groups excluding carboxylic acids is 1. The van der Waals surface area contributed by atoms with E-state index in [-0.39, 0.29) is 18.6 Å². The van der Waals surface area contributed by atoms with Gasteiger partial charge in [-0.2, -0.15) is 5.26 Å². The Morgan fingerprint density at radius 2 is 2.36 bits per heavy atom. The van der Waals surface area contributed by atoms with Crippen LogP contribution in [0.3, 0.4) is 0 Å². The topological polar surface area (TPSA) is 79.9 Å². The molecule has 0 fully saturated rings. The molecule has 0 radical (unpaired) electrons. The van der Waals surface area contributed by atoms with Crippen molar-refractivity contribution in [2.75, 3.05) is 6.61 Å².